The Morgan fingerprint density at radius 3 is 1.77 bits per heavy atom. The molecule has 0 radical (unpaired) electrons. The highest BCUT2D eigenvalue weighted by molar-refractivity contribution is 4.97. The Morgan fingerprint density at radius 2 is 1.26 bits per heavy atom. The topological polar surface area (TPSA) is 260 Å². The molecule has 196 valence electrons. The summed E-state index contributed by atoms with van der Waals surface area (Å²) in [6.07, 6.45) is -12.0. The van der Waals surface area contributed by atoms with Crippen molar-refractivity contribution in [3.05, 3.63) is 23.8 Å². The van der Waals surface area contributed by atoms with Gasteiger partial charge in [-0.25, -0.2) is 19.5 Å². The number of rotatable bonds is 8. The predicted octanol–water partition coefficient (Wildman–Crippen LogP) is -5.01. The molecule has 4 heterocycles. The van der Waals surface area contributed by atoms with Crippen molar-refractivity contribution in [1.29, 1.82) is 0 Å². The lowest BCUT2D eigenvalue weighted by Gasteiger charge is -2.39. The van der Waals surface area contributed by atoms with Crippen molar-refractivity contribution in [2.24, 2.45) is 0 Å². The van der Waals surface area contributed by atoms with Crippen molar-refractivity contribution in [3.8, 4) is 0 Å². The molecule has 0 aliphatic carbocycles. The van der Waals surface area contributed by atoms with Gasteiger partial charge in [-0.3, -0.25) is 0 Å². The summed E-state index contributed by atoms with van der Waals surface area (Å²) in [5, 5.41) is 93.1. The molecule has 0 amide bonds. The molecule has 0 saturated carbocycles. The van der Waals surface area contributed by atoms with Crippen molar-refractivity contribution in [2.75, 3.05) is 6.61 Å². The van der Waals surface area contributed by atoms with Gasteiger partial charge in [0.15, 0.2) is 12.5 Å². The molecule has 0 unspecified atom stereocenters. The van der Waals surface area contributed by atoms with Crippen LogP contribution in [0.15, 0.2) is 12.4 Å². The van der Waals surface area contributed by atoms with Gasteiger partial charge in [-0.05, 0) is 0 Å². The fraction of sp³-hybridized carbons (Fsp3) is 0.765. The smallest absolute Gasteiger partial charge is 0.221 e. The van der Waals surface area contributed by atoms with Gasteiger partial charge in [0.1, 0.15) is 54.1 Å². The molecule has 4 rings (SSSR count). The summed E-state index contributed by atoms with van der Waals surface area (Å²) in [4.78, 5) is 3.96. The molecule has 0 spiro atoms. The van der Waals surface area contributed by atoms with E-state index in [2.05, 4.69) is 25.5 Å². The predicted molar refractivity (Wildman–Crippen MR) is 103 cm³/mol. The molecular weight excluding hydrogens is 480 g/mol. The second-order valence-electron chi connectivity index (χ2n) is 8.06. The number of hydrogen-bond donors (Lipinski definition) is 8. The van der Waals surface area contributed by atoms with Crippen molar-refractivity contribution in [3.63, 3.8) is 0 Å². The lowest BCUT2D eigenvalue weighted by atomic mass is 9.98. The molecule has 2 aliphatic heterocycles. The van der Waals surface area contributed by atoms with Gasteiger partial charge < -0.3 is 50.0 Å². The average Bonchev–Trinajstić information content (AvgIpc) is 3.52. The molecule has 2 aromatic heterocycles. The molecule has 10 atom stereocenters. The van der Waals surface area contributed by atoms with Crippen molar-refractivity contribution in [2.45, 2.75) is 74.7 Å². The summed E-state index contributed by atoms with van der Waals surface area (Å²) in [6.45, 7) is -0.706. The zero-order valence-electron chi connectivity index (χ0n) is 17.9. The van der Waals surface area contributed by atoms with Gasteiger partial charge in [-0.15, -0.1) is 10.2 Å². The van der Waals surface area contributed by atoms with E-state index in [4.69, 9.17) is 19.5 Å². The Labute approximate surface area is 196 Å². The number of hydrogen-bond acceptors (Lipinski definition) is 16. The fourth-order valence-corrected chi connectivity index (χ4v) is 3.70. The molecule has 35 heavy (non-hydrogen) atoms. The van der Waals surface area contributed by atoms with E-state index in [0.29, 0.717) is 11.4 Å². The van der Waals surface area contributed by atoms with Crippen LogP contribution < -0.4 is 0 Å². The maximum atomic E-state index is 10.2. The van der Waals surface area contributed by atoms with Gasteiger partial charge in [-0.1, -0.05) is 10.4 Å². The molecular formula is C17H26N6O12. The van der Waals surface area contributed by atoms with Crippen LogP contribution >= 0.6 is 0 Å². The largest absolute Gasteiger partial charge is 0.394 e. The molecule has 8 N–H and O–H groups in total. The first-order valence-corrected chi connectivity index (χ1v) is 10.4. The minimum atomic E-state index is -1.69. The van der Waals surface area contributed by atoms with Crippen LogP contribution in [0.5, 0.6) is 0 Å². The van der Waals surface area contributed by atoms with E-state index >= 15 is 0 Å². The highest BCUT2D eigenvalue weighted by atomic mass is 17.1. The third-order valence-electron chi connectivity index (χ3n) is 5.65. The number of aromatic nitrogens is 6. The van der Waals surface area contributed by atoms with Crippen molar-refractivity contribution in [1.82, 2.24) is 30.0 Å². The van der Waals surface area contributed by atoms with Crippen LogP contribution in [0.4, 0.5) is 0 Å². The van der Waals surface area contributed by atoms with Crippen LogP contribution in [0, 0.1) is 0 Å². The Balaban J connectivity index is 1.32. The number of aliphatic hydroxyl groups is 7. The third-order valence-corrected chi connectivity index (χ3v) is 5.65. The van der Waals surface area contributed by atoms with E-state index in [0.717, 1.165) is 9.36 Å². The Hall–Kier alpha value is -2.20. The van der Waals surface area contributed by atoms with E-state index in [-0.39, 0.29) is 13.2 Å². The molecule has 2 aliphatic rings. The lowest BCUT2D eigenvalue weighted by Crippen LogP contribution is -2.56. The quantitative estimate of drug-likeness (QED) is 0.123. The second-order valence-corrected chi connectivity index (χ2v) is 8.06. The molecule has 18 heteroatoms. The zero-order valence-corrected chi connectivity index (χ0v) is 17.9. The second kappa shape index (κ2) is 10.8. The van der Waals surface area contributed by atoms with E-state index in [1.807, 2.05) is 0 Å². The zero-order chi connectivity index (χ0) is 25.3. The van der Waals surface area contributed by atoms with Crippen molar-refractivity contribution < 1.29 is 60.1 Å². The first kappa shape index (κ1) is 25.9. The molecule has 0 aromatic carbocycles. The summed E-state index contributed by atoms with van der Waals surface area (Å²) in [6, 6.07) is 0. The molecule has 0 bridgehead atoms. The van der Waals surface area contributed by atoms with Crippen LogP contribution in [0.25, 0.3) is 0 Å². The normalized spacial score (nSPS) is 38.1. The Bertz CT molecular complexity index is 883. The monoisotopic (exact) mass is 506 g/mol. The summed E-state index contributed by atoms with van der Waals surface area (Å²) in [5.74, 6) is 0. The molecule has 2 aromatic rings. The van der Waals surface area contributed by atoms with Crippen molar-refractivity contribution >= 4 is 0 Å². The SMILES string of the molecule is OC[C@H]1O[C@@H](n2cc(COCc3cn([C@@H]4O[C@H](OO)[C@H](O)[C@H](O)[C@H]4O)nn3)nn2)[C@H](O)[C@@H](O)[C@H]1O. The van der Waals surface area contributed by atoms with Gasteiger partial charge in [0.2, 0.25) is 6.29 Å². The average molecular weight is 506 g/mol. The van der Waals surface area contributed by atoms with E-state index < -0.39 is 68.1 Å². The Morgan fingerprint density at radius 1 is 0.743 bits per heavy atom. The van der Waals surface area contributed by atoms with E-state index in [9.17, 15) is 35.7 Å². The fourth-order valence-electron chi connectivity index (χ4n) is 3.70. The highest BCUT2D eigenvalue weighted by Gasteiger charge is 2.46. The number of aliphatic hydroxyl groups excluding tert-OH is 7. The highest BCUT2D eigenvalue weighted by Crippen LogP contribution is 2.29. The van der Waals surface area contributed by atoms with Crippen LogP contribution in [0.2, 0.25) is 0 Å². The van der Waals surface area contributed by atoms with Gasteiger partial charge in [0, 0.05) is 0 Å². The summed E-state index contributed by atoms with van der Waals surface area (Å²) >= 11 is 0. The van der Waals surface area contributed by atoms with Gasteiger partial charge in [0.25, 0.3) is 0 Å². The first-order valence-electron chi connectivity index (χ1n) is 10.4. The molecule has 2 saturated heterocycles. The summed E-state index contributed by atoms with van der Waals surface area (Å²) < 4.78 is 18.3. The Kier molecular flexibility index (Phi) is 8.00. The summed E-state index contributed by atoms with van der Waals surface area (Å²) in [5.41, 5.74) is 0.615. The lowest BCUT2D eigenvalue weighted by molar-refractivity contribution is -0.413. The van der Waals surface area contributed by atoms with Gasteiger partial charge >= 0.3 is 0 Å². The van der Waals surface area contributed by atoms with E-state index in [1.165, 1.54) is 12.4 Å². The van der Waals surface area contributed by atoms with E-state index in [1.54, 1.807) is 0 Å². The van der Waals surface area contributed by atoms with Gasteiger partial charge in [-0.2, -0.15) is 0 Å². The molecule has 18 nitrogen and oxygen atoms in total. The first-order chi connectivity index (χ1) is 16.7. The minimum absolute atomic E-state index is 0.0574. The number of ether oxygens (including phenoxy) is 3. The standard InChI is InChI=1S/C17H26N6O12/c24-3-8-9(25)10(26)12(28)15(33-8)22-1-6(18-20-22)4-32-5-7-2-23(21-19-7)16-13(29)11(27)14(30)17(34-16)35-31/h1-2,8-17,24-31H,3-5H2/t8-,9+,10+,11-,12-,13-,14-,15-,16-,17-/m1/s1. The maximum Gasteiger partial charge on any atom is 0.221 e. The van der Waals surface area contributed by atoms with Crippen LogP contribution in [-0.4, -0.2) is 127 Å². The van der Waals surface area contributed by atoms with Crippen LogP contribution in [0.3, 0.4) is 0 Å². The summed E-state index contributed by atoms with van der Waals surface area (Å²) in [7, 11) is 0. The maximum absolute atomic E-state index is 10.2. The number of nitrogens with zero attached hydrogens (tertiary/aromatic N) is 6. The van der Waals surface area contributed by atoms with Crippen LogP contribution in [0.1, 0.15) is 23.8 Å². The minimum Gasteiger partial charge on any atom is -0.394 e. The third kappa shape index (κ3) is 5.18. The van der Waals surface area contributed by atoms with Gasteiger partial charge in [0.05, 0.1) is 32.2 Å². The molecule has 2 fully saturated rings. The van der Waals surface area contributed by atoms with Crippen LogP contribution in [-0.2, 0) is 32.3 Å².